The average molecular weight is 337 g/mol. The van der Waals surface area contributed by atoms with Crippen molar-refractivity contribution in [3.63, 3.8) is 0 Å². The molecule has 1 fully saturated rings. The summed E-state index contributed by atoms with van der Waals surface area (Å²) < 4.78 is 24.9. The first-order chi connectivity index (χ1) is 10.9. The molecule has 2 N–H and O–H groups in total. The largest absolute Gasteiger partial charge is 0.326 e. The molecule has 0 bridgehead atoms. The molecule has 7 heteroatoms. The van der Waals surface area contributed by atoms with E-state index in [2.05, 4.69) is 10.6 Å². The van der Waals surface area contributed by atoms with E-state index in [1.165, 1.54) is 10.6 Å². The zero-order valence-electron chi connectivity index (χ0n) is 13.5. The number of benzene rings is 1. The molecule has 1 unspecified atom stereocenters. The van der Waals surface area contributed by atoms with Crippen molar-refractivity contribution in [3.05, 3.63) is 29.3 Å². The number of amides is 1. The summed E-state index contributed by atoms with van der Waals surface area (Å²) in [6.45, 7) is 4.58. The molecule has 0 radical (unpaired) electrons. The summed E-state index contributed by atoms with van der Waals surface area (Å²) in [4.78, 5) is 12.4. The van der Waals surface area contributed by atoms with Gasteiger partial charge in [0.1, 0.15) is 0 Å². The fraction of sp³-hybridized carbons (Fsp3) is 0.562. The summed E-state index contributed by atoms with van der Waals surface area (Å²) in [5.74, 6) is 0.411. The number of nitrogens with zero attached hydrogens (tertiary/aromatic N) is 1. The van der Waals surface area contributed by atoms with Crippen LogP contribution in [0.2, 0.25) is 0 Å². The first-order valence-electron chi connectivity index (χ1n) is 7.93. The second-order valence-electron chi connectivity index (χ2n) is 6.49. The van der Waals surface area contributed by atoms with Crippen molar-refractivity contribution in [1.82, 2.24) is 9.62 Å². The van der Waals surface area contributed by atoms with Gasteiger partial charge >= 0.3 is 0 Å². The Labute approximate surface area is 137 Å². The van der Waals surface area contributed by atoms with Crippen molar-refractivity contribution in [2.24, 2.45) is 11.8 Å². The molecule has 0 spiro atoms. The highest BCUT2D eigenvalue weighted by atomic mass is 32.2. The predicted molar refractivity (Wildman–Crippen MR) is 89.6 cm³/mol. The van der Waals surface area contributed by atoms with E-state index in [0.29, 0.717) is 25.4 Å². The number of fused-ring (bicyclic) bond motifs is 1. The molecule has 1 aromatic carbocycles. The van der Waals surface area contributed by atoms with Gasteiger partial charge in [-0.3, -0.25) is 4.79 Å². The Morgan fingerprint density at radius 1 is 1.39 bits per heavy atom. The van der Waals surface area contributed by atoms with Gasteiger partial charge in [-0.05, 0) is 42.6 Å². The molecule has 23 heavy (non-hydrogen) atoms. The summed E-state index contributed by atoms with van der Waals surface area (Å²) in [7, 11) is -3.19. The first-order valence-corrected chi connectivity index (χ1v) is 9.78. The van der Waals surface area contributed by atoms with Gasteiger partial charge in [0.25, 0.3) is 0 Å². The summed E-state index contributed by atoms with van der Waals surface area (Å²) in [5.41, 5.74) is 2.84. The monoisotopic (exact) mass is 337 g/mol. The number of carbonyl (C=O) groups is 1. The van der Waals surface area contributed by atoms with Crippen LogP contribution in [0.25, 0.3) is 0 Å². The molecule has 0 saturated carbocycles. The molecule has 2 aliphatic rings. The number of nitrogens with one attached hydrogen (secondary N) is 2. The van der Waals surface area contributed by atoms with Crippen molar-refractivity contribution >= 4 is 21.6 Å². The van der Waals surface area contributed by atoms with Gasteiger partial charge < -0.3 is 10.6 Å². The van der Waals surface area contributed by atoms with Crippen molar-refractivity contribution in [2.75, 3.05) is 31.2 Å². The highest BCUT2D eigenvalue weighted by Gasteiger charge is 2.30. The number of hydrogen-bond donors (Lipinski definition) is 2. The maximum Gasteiger partial charge on any atom is 0.227 e. The number of hydrogen-bond acceptors (Lipinski definition) is 4. The van der Waals surface area contributed by atoms with Crippen molar-refractivity contribution in [1.29, 1.82) is 0 Å². The zero-order chi connectivity index (χ0) is 16.6. The minimum absolute atomic E-state index is 0.0248. The molecule has 0 aliphatic carbocycles. The molecule has 2 aliphatic heterocycles. The zero-order valence-corrected chi connectivity index (χ0v) is 14.3. The summed E-state index contributed by atoms with van der Waals surface area (Å²) >= 11 is 0. The fourth-order valence-electron chi connectivity index (χ4n) is 3.11. The standard InChI is InChI=1S/C16H23N3O3S/c1-11(13-8-17-9-13)16(20)18-15-5-3-4-12-10-19(23(2,21)22)7-6-14(12)15/h3-5,11,13,17H,6-10H2,1-2H3,(H,18,20). The topological polar surface area (TPSA) is 78.5 Å². The second-order valence-corrected chi connectivity index (χ2v) is 8.47. The highest BCUT2D eigenvalue weighted by Crippen LogP contribution is 2.28. The van der Waals surface area contributed by atoms with Crippen LogP contribution in [-0.4, -0.2) is 44.5 Å². The van der Waals surface area contributed by atoms with Gasteiger partial charge in [0.2, 0.25) is 15.9 Å². The Morgan fingerprint density at radius 2 is 2.13 bits per heavy atom. The van der Waals surface area contributed by atoms with Gasteiger partial charge in [-0.2, -0.15) is 4.31 Å². The molecule has 0 aromatic heterocycles. The van der Waals surface area contributed by atoms with Crippen LogP contribution in [0, 0.1) is 11.8 Å². The lowest BCUT2D eigenvalue weighted by molar-refractivity contribution is -0.121. The van der Waals surface area contributed by atoms with E-state index in [9.17, 15) is 13.2 Å². The van der Waals surface area contributed by atoms with Gasteiger partial charge in [-0.1, -0.05) is 19.1 Å². The Kier molecular flexibility index (Phi) is 4.44. The second kappa shape index (κ2) is 6.22. The number of anilines is 1. The molecule has 1 saturated heterocycles. The van der Waals surface area contributed by atoms with Crippen LogP contribution in [-0.2, 0) is 27.8 Å². The first kappa shape index (κ1) is 16.4. The van der Waals surface area contributed by atoms with Gasteiger partial charge in [0.15, 0.2) is 0 Å². The van der Waals surface area contributed by atoms with Crippen LogP contribution in [0.3, 0.4) is 0 Å². The van der Waals surface area contributed by atoms with E-state index < -0.39 is 10.0 Å². The average Bonchev–Trinajstić information content (AvgIpc) is 2.44. The van der Waals surface area contributed by atoms with Crippen LogP contribution >= 0.6 is 0 Å². The Bertz CT molecular complexity index is 713. The molecule has 126 valence electrons. The molecular weight excluding hydrogens is 314 g/mol. The lowest BCUT2D eigenvalue weighted by atomic mass is 9.88. The van der Waals surface area contributed by atoms with E-state index in [1.807, 2.05) is 25.1 Å². The van der Waals surface area contributed by atoms with Crippen LogP contribution in [0.4, 0.5) is 5.69 Å². The van der Waals surface area contributed by atoms with Crippen LogP contribution in [0.5, 0.6) is 0 Å². The van der Waals surface area contributed by atoms with Crippen LogP contribution in [0.15, 0.2) is 18.2 Å². The third-order valence-corrected chi connectivity index (χ3v) is 6.14. The molecule has 1 aromatic rings. The van der Waals surface area contributed by atoms with E-state index in [0.717, 1.165) is 29.9 Å². The normalized spacial score (nSPS) is 20.4. The van der Waals surface area contributed by atoms with Gasteiger partial charge in [0.05, 0.1) is 6.26 Å². The number of rotatable bonds is 4. The molecular formula is C16H23N3O3S. The lowest BCUT2D eigenvalue weighted by Gasteiger charge is -2.32. The maximum atomic E-state index is 12.4. The Balaban J connectivity index is 1.76. The fourth-order valence-corrected chi connectivity index (χ4v) is 3.91. The SMILES string of the molecule is CC(C(=O)Nc1cccc2c1CCN(S(C)(=O)=O)C2)C1CNC1. The Morgan fingerprint density at radius 3 is 2.74 bits per heavy atom. The minimum Gasteiger partial charge on any atom is -0.326 e. The molecule has 1 amide bonds. The molecule has 2 heterocycles. The smallest absolute Gasteiger partial charge is 0.227 e. The summed E-state index contributed by atoms with van der Waals surface area (Å²) in [6.07, 6.45) is 1.86. The van der Waals surface area contributed by atoms with E-state index >= 15 is 0 Å². The Hall–Kier alpha value is -1.44. The number of sulfonamides is 1. The third-order valence-electron chi connectivity index (χ3n) is 4.89. The minimum atomic E-state index is -3.19. The maximum absolute atomic E-state index is 12.4. The third kappa shape index (κ3) is 3.41. The lowest BCUT2D eigenvalue weighted by Crippen LogP contribution is -2.48. The van der Waals surface area contributed by atoms with E-state index in [1.54, 1.807) is 0 Å². The quantitative estimate of drug-likeness (QED) is 0.852. The summed E-state index contributed by atoms with van der Waals surface area (Å²) in [5, 5.41) is 6.23. The van der Waals surface area contributed by atoms with Gasteiger partial charge in [-0.25, -0.2) is 8.42 Å². The van der Waals surface area contributed by atoms with E-state index in [4.69, 9.17) is 0 Å². The molecule has 1 atom stereocenters. The van der Waals surface area contributed by atoms with Crippen LogP contribution < -0.4 is 10.6 Å². The molecule has 3 rings (SSSR count). The van der Waals surface area contributed by atoms with Gasteiger partial charge in [0, 0.05) is 24.7 Å². The summed E-state index contributed by atoms with van der Waals surface area (Å²) in [6, 6.07) is 5.70. The predicted octanol–water partition coefficient (Wildman–Crippen LogP) is 0.798. The number of carbonyl (C=O) groups excluding carboxylic acids is 1. The van der Waals surface area contributed by atoms with Crippen LogP contribution in [0.1, 0.15) is 18.1 Å². The van der Waals surface area contributed by atoms with Crippen molar-refractivity contribution < 1.29 is 13.2 Å². The highest BCUT2D eigenvalue weighted by molar-refractivity contribution is 7.88. The van der Waals surface area contributed by atoms with Crippen molar-refractivity contribution in [3.8, 4) is 0 Å². The van der Waals surface area contributed by atoms with E-state index in [-0.39, 0.29) is 11.8 Å². The van der Waals surface area contributed by atoms with Crippen molar-refractivity contribution in [2.45, 2.75) is 19.9 Å². The molecule has 6 nitrogen and oxygen atoms in total. The van der Waals surface area contributed by atoms with Gasteiger partial charge in [-0.15, -0.1) is 0 Å².